The lowest BCUT2D eigenvalue weighted by atomic mass is 10.1. The Morgan fingerprint density at radius 2 is 2.03 bits per heavy atom. The molecule has 0 radical (unpaired) electrons. The van der Waals surface area contributed by atoms with Crippen LogP contribution in [-0.2, 0) is 9.53 Å². The number of amides is 1. The van der Waals surface area contributed by atoms with Gasteiger partial charge in [0.25, 0.3) is 5.91 Å². The highest BCUT2D eigenvalue weighted by Crippen LogP contribution is 2.23. The molecule has 0 fully saturated rings. The number of nitrogens with zero attached hydrogens (tertiary/aromatic N) is 2. The third kappa shape index (κ3) is 4.97. The molecule has 0 spiro atoms. The normalized spacial score (nSPS) is 10.4. The van der Waals surface area contributed by atoms with Gasteiger partial charge in [0.15, 0.2) is 11.8 Å². The van der Waals surface area contributed by atoms with Crippen LogP contribution in [0.25, 0.3) is 5.69 Å². The highest BCUT2D eigenvalue weighted by Gasteiger charge is 2.11. The molecule has 8 heteroatoms. The number of nitrogens with one attached hydrogen (secondary N) is 1. The molecule has 1 aromatic heterocycles. The van der Waals surface area contributed by atoms with Gasteiger partial charge in [-0.15, -0.1) is 0 Å². The lowest BCUT2D eigenvalue weighted by Gasteiger charge is -2.12. The van der Waals surface area contributed by atoms with Gasteiger partial charge in [-0.25, -0.2) is 9.78 Å². The Labute approximate surface area is 173 Å². The number of imidazole rings is 1. The van der Waals surface area contributed by atoms with E-state index in [9.17, 15) is 9.59 Å². The van der Waals surface area contributed by atoms with Crippen LogP contribution in [0.3, 0.4) is 0 Å². The third-order valence-corrected chi connectivity index (χ3v) is 4.87. The van der Waals surface area contributed by atoms with E-state index in [0.717, 1.165) is 16.4 Å². The number of carbonyl (C=O) groups excluding carboxylic acids is 2. The molecule has 1 heterocycles. The van der Waals surface area contributed by atoms with Crippen LogP contribution in [0.5, 0.6) is 5.75 Å². The van der Waals surface area contributed by atoms with Crippen molar-refractivity contribution in [2.75, 3.05) is 25.3 Å². The van der Waals surface area contributed by atoms with E-state index >= 15 is 0 Å². The Morgan fingerprint density at radius 1 is 1.21 bits per heavy atom. The summed E-state index contributed by atoms with van der Waals surface area (Å²) < 4.78 is 11.8. The van der Waals surface area contributed by atoms with Crippen LogP contribution in [0.1, 0.15) is 15.9 Å². The maximum Gasteiger partial charge on any atom is 0.343 e. The second-order valence-corrected chi connectivity index (χ2v) is 6.90. The Morgan fingerprint density at radius 3 is 2.76 bits per heavy atom. The first kappa shape index (κ1) is 20.5. The zero-order chi connectivity index (χ0) is 20.8. The summed E-state index contributed by atoms with van der Waals surface area (Å²) in [6.07, 6.45) is 5.54. The Bertz CT molecular complexity index is 1030. The van der Waals surface area contributed by atoms with Crippen LogP contribution >= 0.6 is 11.8 Å². The first-order valence-corrected chi connectivity index (χ1v) is 10.0. The van der Waals surface area contributed by atoms with Crippen LogP contribution < -0.4 is 10.1 Å². The molecular weight excluding hydrogens is 390 g/mol. The van der Waals surface area contributed by atoms with E-state index in [-0.39, 0.29) is 12.5 Å². The summed E-state index contributed by atoms with van der Waals surface area (Å²) in [5, 5.41) is 3.76. The molecule has 3 rings (SSSR count). The van der Waals surface area contributed by atoms with E-state index in [1.807, 2.05) is 42.1 Å². The average molecular weight is 411 g/mol. The molecule has 0 bridgehead atoms. The number of hydrogen-bond acceptors (Lipinski definition) is 6. The van der Waals surface area contributed by atoms with Gasteiger partial charge < -0.3 is 14.8 Å². The number of anilines is 1. The predicted molar refractivity (Wildman–Crippen MR) is 112 cm³/mol. The number of aromatic nitrogens is 2. The summed E-state index contributed by atoms with van der Waals surface area (Å²) in [5.41, 5.74) is 2.88. The van der Waals surface area contributed by atoms with E-state index in [1.165, 1.54) is 18.9 Å². The zero-order valence-corrected chi connectivity index (χ0v) is 17.2. The van der Waals surface area contributed by atoms with Crippen molar-refractivity contribution in [3.8, 4) is 11.4 Å². The van der Waals surface area contributed by atoms with Crippen LogP contribution in [0.15, 0.2) is 60.0 Å². The predicted octanol–water partition coefficient (Wildman–Crippen LogP) is 3.71. The number of rotatable bonds is 7. The number of methoxy groups -OCH3 is 1. The fourth-order valence-electron chi connectivity index (χ4n) is 2.70. The standard InChI is InChI=1S/C21H21N3O4S/c1-14-11-17(28-13-19(25)27-2)7-8-18(14)23-20(26)15-5-4-6-16(12-15)24-10-9-22-21(24)29-3/h4-12H,13H2,1-3H3,(H,23,26). The minimum absolute atomic E-state index is 0.166. The Hall–Kier alpha value is -3.26. The van der Waals surface area contributed by atoms with Gasteiger partial charge in [-0.05, 0) is 55.1 Å². The van der Waals surface area contributed by atoms with Gasteiger partial charge >= 0.3 is 5.97 Å². The molecule has 0 saturated heterocycles. The van der Waals surface area contributed by atoms with Gasteiger partial charge in [-0.2, -0.15) is 0 Å². The minimum atomic E-state index is -0.456. The molecule has 2 aromatic carbocycles. The SMILES string of the molecule is COC(=O)COc1ccc(NC(=O)c2cccc(-n3ccnc3SC)c2)c(C)c1. The quantitative estimate of drug-likeness (QED) is 0.471. The third-order valence-electron chi connectivity index (χ3n) is 4.21. The molecule has 0 aliphatic rings. The summed E-state index contributed by atoms with van der Waals surface area (Å²) in [6.45, 7) is 1.69. The fourth-order valence-corrected chi connectivity index (χ4v) is 3.23. The molecule has 150 valence electrons. The van der Waals surface area contributed by atoms with Crippen molar-refractivity contribution in [3.05, 3.63) is 66.0 Å². The molecule has 0 atom stereocenters. The molecule has 0 aliphatic carbocycles. The van der Waals surface area contributed by atoms with E-state index in [2.05, 4.69) is 15.0 Å². The lowest BCUT2D eigenvalue weighted by molar-refractivity contribution is -0.142. The van der Waals surface area contributed by atoms with Gasteiger partial charge in [-0.3, -0.25) is 9.36 Å². The van der Waals surface area contributed by atoms with Gasteiger partial charge in [0.1, 0.15) is 5.75 Å². The van der Waals surface area contributed by atoms with Crippen LogP contribution in [0.2, 0.25) is 0 Å². The number of hydrogen-bond donors (Lipinski definition) is 1. The molecule has 0 aliphatic heterocycles. The van der Waals surface area contributed by atoms with Gasteiger partial charge in [-0.1, -0.05) is 17.8 Å². The molecule has 3 aromatic rings. The number of carbonyl (C=O) groups is 2. The number of thioether (sulfide) groups is 1. The maximum atomic E-state index is 12.7. The smallest absolute Gasteiger partial charge is 0.343 e. The molecule has 0 saturated carbocycles. The second-order valence-electron chi connectivity index (χ2n) is 6.13. The highest BCUT2D eigenvalue weighted by molar-refractivity contribution is 7.98. The largest absolute Gasteiger partial charge is 0.482 e. The van der Waals surface area contributed by atoms with Gasteiger partial charge in [0.2, 0.25) is 0 Å². The van der Waals surface area contributed by atoms with Crippen molar-refractivity contribution in [1.29, 1.82) is 0 Å². The van der Waals surface area contributed by atoms with Gasteiger partial charge in [0, 0.05) is 29.3 Å². The van der Waals surface area contributed by atoms with Crippen LogP contribution in [0.4, 0.5) is 5.69 Å². The first-order chi connectivity index (χ1) is 14.0. The summed E-state index contributed by atoms with van der Waals surface area (Å²) in [7, 11) is 1.30. The fraction of sp³-hybridized carbons (Fsp3) is 0.190. The average Bonchev–Trinajstić information content (AvgIpc) is 3.22. The molecule has 29 heavy (non-hydrogen) atoms. The van der Waals surface area contributed by atoms with Crippen molar-refractivity contribution in [3.63, 3.8) is 0 Å². The number of benzene rings is 2. The first-order valence-electron chi connectivity index (χ1n) is 8.81. The maximum absolute atomic E-state index is 12.7. The van der Waals surface area contributed by atoms with Gasteiger partial charge in [0.05, 0.1) is 7.11 Å². The summed E-state index contributed by atoms with van der Waals surface area (Å²) in [4.78, 5) is 28.2. The van der Waals surface area contributed by atoms with Crippen LogP contribution in [0, 0.1) is 6.92 Å². The van der Waals surface area contributed by atoms with Crippen LogP contribution in [-0.4, -0.2) is 41.4 Å². The van der Waals surface area contributed by atoms with E-state index < -0.39 is 5.97 Å². The Balaban J connectivity index is 1.73. The summed E-state index contributed by atoms with van der Waals surface area (Å²) >= 11 is 1.53. The van der Waals surface area contributed by atoms with Crippen molar-refractivity contribution < 1.29 is 19.1 Å². The summed E-state index contributed by atoms with van der Waals surface area (Å²) in [5.74, 6) is -0.149. The second kappa shape index (κ2) is 9.29. The molecule has 1 N–H and O–H groups in total. The van der Waals surface area contributed by atoms with Crippen molar-refractivity contribution in [2.45, 2.75) is 12.1 Å². The number of ether oxygens (including phenoxy) is 2. The van der Waals surface area contributed by atoms with Crippen molar-refractivity contribution in [2.24, 2.45) is 0 Å². The minimum Gasteiger partial charge on any atom is -0.482 e. The van der Waals surface area contributed by atoms with Crippen molar-refractivity contribution >= 4 is 29.3 Å². The topological polar surface area (TPSA) is 82.5 Å². The van der Waals surface area contributed by atoms with E-state index in [0.29, 0.717) is 17.0 Å². The monoisotopic (exact) mass is 411 g/mol. The summed E-state index contributed by atoms with van der Waals surface area (Å²) in [6, 6.07) is 12.5. The molecule has 7 nitrogen and oxygen atoms in total. The Kier molecular flexibility index (Phi) is 6.56. The highest BCUT2D eigenvalue weighted by atomic mass is 32.2. The number of aryl methyl sites for hydroxylation is 1. The molecule has 0 unspecified atom stereocenters. The van der Waals surface area contributed by atoms with E-state index in [1.54, 1.807) is 30.5 Å². The zero-order valence-electron chi connectivity index (χ0n) is 16.3. The van der Waals surface area contributed by atoms with Crippen molar-refractivity contribution in [1.82, 2.24) is 9.55 Å². The lowest BCUT2D eigenvalue weighted by Crippen LogP contribution is -2.14. The molecule has 1 amide bonds. The number of esters is 1. The molecular formula is C21H21N3O4S. The van der Waals surface area contributed by atoms with E-state index in [4.69, 9.17) is 4.74 Å².